The number of aromatic nitrogens is 1. The largest absolute Gasteiger partial charge is 0.366 e. The second kappa shape index (κ2) is 3.44. The van der Waals surface area contributed by atoms with Crippen molar-refractivity contribution in [1.29, 1.82) is 5.26 Å². The van der Waals surface area contributed by atoms with E-state index in [2.05, 4.69) is 21.1 Å². The van der Waals surface area contributed by atoms with Gasteiger partial charge in [-0.3, -0.25) is 0 Å². The second-order valence-corrected chi connectivity index (χ2v) is 4.34. The highest BCUT2D eigenvalue weighted by molar-refractivity contribution is 9.10. The molecule has 6 heteroatoms. The average Bonchev–Trinajstić information content (AvgIpc) is 2.71. The molecule has 2 aromatic heterocycles. The fourth-order valence-corrected chi connectivity index (χ4v) is 2.43. The minimum atomic E-state index is 0.0621. The highest BCUT2D eigenvalue weighted by Gasteiger charge is 2.16. The average molecular weight is 270 g/mol. The Morgan fingerprint density at radius 1 is 1.64 bits per heavy atom. The van der Waals surface area contributed by atoms with Crippen LogP contribution in [0.15, 0.2) is 20.4 Å². The standard InChI is InChI=1S/C8H4BrN3OS/c9-4-1-6(14-3-4)7-5(2-10)8(11)13-12-7/h1,3H,11H2. The molecule has 4 nitrogen and oxygen atoms in total. The zero-order valence-electron chi connectivity index (χ0n) is 6.82. The van der Waals surface area contributed by atoms with Crippen molar-refractivity contribution in [3.05, 3.63) is 21.5 Å². The van der Waals surface area contributed by atoms with Gasteiger partial charge in [-0.25, -0.2) is 0 Å². The van der Waals surface area contributed by atoms with Crippen molar-refractivity contribution in [2.24, 2.45) is 0 Å². The summed E-state index contributed by atoms with van der Waals surface area (Å²) in [7, 11) is 0. The number of hydrogen-bond acceptors (Lipinski definition) is 5. The normalized spacial score (nSPS) is 10.0. The van der Waals surface area contributed by atoms with Gasteiger partial charge in [0.05, 0.1) is 4.88 Å². The lowest BCUT2D eigenvalue weighted by Gasteiger charge is -1.87. The Hall–Kier alpha value is -1.32. The van der Waals surface area contributed by atoms with Gasteiger partial charge in [-0.2, -0.15) is 5.26 Å². The molecule has 0 amide bonds. The number of rotatable bonds is 1. The lowest BCUT2D eigenvalue weighted by atomic mass is 10.2. The molecule has 0 fully saturated rings. The second-order valence-electron chi connectivity index (χ2n) is 2.51. The number of thiophene rings is 1. The molecule has 2 rings (SSSR count). The fraction of sp³-hybridized carbons (Fsp3) is 0. The van der Waals surface area contributed by atoms with E-state index >= 15 is 0 Å². The summed E-state index contributed by atoms with van der Waals surface area (Å²) in [5.41, 5.74) is 6.23. The van der Waals surface area contributed by atoms with Gasteiger partial charge in [-0.1, -0.05) is 5.16 Å². The molecule has 0 atom stereocenters. The summed E-state index contributed by atoms with van der Waals surface area (Å²) in [6.45, 7) is 0. The van der Waals surface area contributed by atoms with Crippen LogP contribution >= 0.6 is 27.3 Å². The lowest BCUT2D eigenvalue weighted by molar-refractivity contribution is 0.439. The van der Waals surface area contributed by atoms with Crippen LogP contribution in [0.5, 0.6) is 0 Å². The van der Waals surface area contributed by atoms with Gasteiger partial charge in [-0.15, -0.1) is 11.3 Å². The Balaban J connectivity index is 2.58. The summed E-state index contributed by atoms with van der Waals surface area (Å²) < 4.78 is 5.69. The Labute approximate surface area is 92.1 Å². The van der Waals surface area contributed by atoms with Crippen LogP contribution in [0.25, 0.3) is 10.6 Å². The molecule has 0 aliphatic carbocycles. The molecule has 0 aromatic carbocycles. The highest BCUT2D eigenvalue weighted by atomic mass is 79.9. The Morgan fingerprint density at radius 3 is 3.00 bits per heavy atom. The molecule has 2 aromatic rings. The van der Waals surface area contributed by atoms with E-state index in [1.54, 1.807) is 0 Å². The van der Waals surface area contributed by atoms with Crippen LogP contribution in [0.3, 0.4) is 0 Å². The van der Waals surface area contributed by atoms with E-state index in [9.17, 15) is 0 Å². The van der Waals surface area contributed by atoms with Crippen molar-refractivity contribution in [1.82, 2.24) is 5.16 Å². The summed E-state index contributed by atoms with van der Waals surface area (Å²) >= 11 is 4.79. The lowest BCUT2D eigenvalue weighted by Crippen LogP contribution is -1.84. The van der Waals surface area contributed by atoms with Crippen LogP contribution in [0.1, 0.15) is 5.56 Å². The van der Waals surface area contributed by atoms with Crippen molar-refractivity contribution in [2.75, 3.05) is 5.73 Å². The number of nitrogen functional groups attached to an aromatic ring is 1. The van der Waals surface area contributed by atoms with Crippen LogP contribution in [0, 0.1) is 11.3 Å². The van der Waals surface area contributed by atoms with E-state index in [-0.39, 0.29) is 5.88 Å². The third-order valence-corrected chi connectivity index (χ3v) is 3.33. The first-order valence-corrected chi connectivity index (χ1v) is 5.29. The number of nitriles is 1. The first-order valence-electron chi connectivity index (χ1n) is 3.62. The number of nitrogens with zero attached hydrogens (tertiary/aromatic N) is 2. The number of nitrogens with two attached hydrogens (primary N) is 1. The third-order valence-electron chi connectivity index (χ3n) is 1.63. The van der Waals surface area contributed by atoms with Crippen LogP contribution in [0.2, 0.25) is 0 Å². The molecule has 0 unspecified atom stereocenters. The molecule has 0 aliphatic heterocycles. The fourth-order valence-electron chi connectivity index (χ4n) is 1.02. The van der Waals surface area contributed by atoms with Crippen LogP contribution in [-0.2, 0) is 0 Å². The molecular weight excluding hydrogens is 266 g/mol. The van der Waals surface area contributed by atoms with Gasteiger partial charge < -0.3 is 10.3 Å². The Morgan fingerprint density at radius 2 is 2.43 bits per heavy atom. The van der Waals surface area contributed by atoms with Crippen molar-refractivity contribution in [3.63, 3.8) is 0 Å². The van der Waals surface area contributed by atoms with E-state index in [1.807, 2.05) is 17.5 Å². The summed E-state index contributed by atoms with van der Waals surface area (Å²) in [5, 5.41) is 14.5. The van der Waals surface area contributed by atoms with E-state index in [4.69, 9.17) is 15.5 Å². The van der Waals surface area contributed by atoms with Gasteiger partial charge in [-0.05, 0) is 22.0 Å². The number of halogens is 1. The molecule has 0 spiro atoms. The van der Waals surface area contributed by atoms with Gasteiger partial charge in [0.2, 0.25) is 5.88 Å². The van der Waals surface area contributed by atoms with E-state index < -0.39 is 0 Å². The maximum atomic E-state index is 8.82. The maximum absolute atomic E-state index is 8.82. The molecule has 0 saturated heterocycles. The van der Waals surface area contributed by atoms with E-state index in [1.165, 1.54) is 11.3 Å². The first kappa shape index (κ1) is 9.24. The molecule has 70 valence electrons. The maximum Gasteiger partial charge on any atom is 0.240 e. The zero-order chi connectivity index (χ0) is 10.1. The third kappa shape index (κ3) is 1.41. The van der Waals surface area contributed by atoms with Crippen LogP contribution < -0.4 is 5.73 Å². The zero-order valence-corrected chi connectivity index (χ0v) is 9.22. The predicted octanol–water partition coefficient (Wildman–Crippen LogP) is 2.62. The van der Waals surface area contributed by atoms with Gasteiger partial charge in [0.15, 0.2) is 0 Å². The van der Waals surface area contributed by atoms with Crippen molar-refractivity contribution < 1.29 is 4.52 Å². The monoisotopic (exact) mass is 269 g/mol. The van der Waals surface area contributed by atoms with Crippen molar-refractivity contribution in [3.8, 4) is 16.6 Å². The summed E-state index contributed by atoms with van der Waals surface area (Å²) in [4.78, 5) is 0.855. The van der Waals surface area contributed by atoms with Crippen molar-refractivity contribution >= 4 is 33.2 Å². The predicted molar refractivity (Wildman–Crippen MR) is 56.6 cm³/mol. The van der Waals surface area contributed by atoms with Gasteiger partial charge in [0.1, 0.15) is 17.3 Å². The molecule has 0 saturated carbocycles. The molecule has 2 N–H and O–H groups in total. The molecule has 0 aliphatic rings. The molecular formula is C8H4BrN3OS. The molecule has 0 bridgehead atoms. The minimum absolute atomic E-state index is 0.0621. The number of hydrogen-bond donors (Lipinski definition) is 1. The quantitative estimate of drug-likeness (QED) is 0.864. The van der Waals surface area contributed by atoms with Gasteiger partial charge >= 0.3 is 0 Å². The summed E-state index contributed by atoms with van der Waals surface area (Å²) in [6, 6.07) is 3.83. The molecule has 0 radical (unpaired) electrons. The summed E-state index contributed by atoms with van der Waals surface area (Å²) in [5.74, 6) is 0.0621. The SMILES string of the molecule is N#Cc1c(-c2cc(Br)cs2)noc1N. The first-order chi connectivity index (χ1) is 6.72. The van der Waals surface area contributed by atoms with E-state index in [0.29, 0.717) is 11.3 Å². The highest BCUT2D eigenvalue weighted by Crippen LogP contribution is 2.32. The van der Waals surface area contributed by atoms with E-state index in [0.717, 1.165) is 9.35 Å². The molecule has 14 heavy (non-hydrogen) atoms. The van der Waals surface area contributed by atoms with Gasteiger partial charge in [0.25, 0.3) is 0 Å². The Bertz CT molecular complexity index is 511. The van der Waals surface area contributed by atoms with Crippen molar-refractivity contribution in [2.45, 2.75) is 0 Å². The number of anilines is 1. The minimum Gasteiger partial charge on any atom is -0.366 e. The molecule has 2 heterocycles. The topological polar surface area (TPSA) is 75.8 Å². The van der Waals surface area contributed by atoms with Crippen LogP contribution in [-0.4, -0.2) is 5.16 Å². The smallest absolute Gasteiger partial charge is 0.240 e. The Kier molecular flexibility index (Phi) is 2.27. The van der Waals surface area contributed by atoms with Crippen LogP contribution in [0.4, 0.5) is 5.88 Å². The van der Waals surface area contributed by atoms with Gasteiger partial charge in [0, 0.05) is 9.85 Å². The summed E-state index contributed by atoms with van der Waals surface area (Å²) in [6.07, 6.45) is 0.